The Morgan fingerprint density at radius 1 is 1.32 bits per heavy atom. The molecule has 1 aliphatic heterocycles. The van der Waals surface area contributed by atoms with Crippen molar-refractivity contribution in [3.8, 4) is 0 Å². The average molecular weight is 260 g/mol. The summed E-state index contributed by atoms with van der Waals surface area (Å²) in [5, 5.41) is 3.62. The van der Waals surface area contributed by atoms with Gasteiger partial charge in [0.1, 0.15) is 0 Å². The number of benzene rings is 1. The van der Waals surface area contributed by atoms with Gasteiger partial charge in [0.2, 0.25) is 0 Å². The third kappa shape index (κ3) is 4.05. The first-order valence-corrected chi connectivity index (χ1v) is 7.71. The molecular weight excluding hydrogens is 232 g/mol. The van der Waals surface area contributed by atoms with Crippen LogP contribution in [-0.2, 0) is 6.54 Å². The molecule has 1 fully saturated rings. The maximum absolute atomic E-state index is 3.62. The van der Waals surface area contributed by atoms with Gasteiger partial charge < -0.3 is 5.32 Å². The van der Waals surface area contributed by atoms with Crippen molar-refractivity contribution >= 4 is 0 Å². The molecule has 0 aliphatic carbocycles. The minimum Gasteiger partial charge on any atom is -0.313 e. The summed E-state index contributed by atoms with van der Waals surface area (Å²) < 4.78 is 0. The molecule has 1 unspecified atom stereocenters. The van der Waals surface area contributed by atoms with Crippen LogP contribution in [0.3, 0.4) is 0 Å². The normalized spacial score (nSPS) is 19.3. The third-order valence-electron chi connectivity index (χ3n) is 4.29. The van der Waals surface area contributed by atoms with E-state index in [0.29, 0.717) is 6.04 Å². The van der Waals surface area contributed by atoms with E-state index in [4.69, 9.17) is 0 Å². The Kier molecular flexibility index (Phi) is 5.41. The Morgan fingerprint density at radius 2 is 2.16 bits per heavy atom. The van der Waals surface area contributed by atoms with Gasteiger partial charge in [0.05, 0.1) is 0 Å². The molecule has 2 heteroatoms. The molecule has 1 N–H and O–H groups in total. The first kappa shape index (κ1) is 14.5. The minimum atomic E-state index is 0.705. The van der Waals surface area contributed by atoms with Gasteiger partial charge in [-0.1, -0.05) is 25.1 Å². The van der Waals surface area contributed by atoms with E-state index in [1.54, 1.807) is 0 Å². The quantitative estimate of drug-likeness (QED) is 0.844. The lowest BCUT2D eigenvalue weighted by Crippen LogP contribution is -2.37. The summed E-state index contributed by atoms with van der Waals surface area (Å²) in [5.74, 6) is 0. The van der Waals surface area contributed by atoms with Gasteiger partial charge in [-0.25, -0.2) is 0 Å². The van der Waals surface area contributed by atoms with Gasteiger partial charge in [-0.3, -0.25) is 4.90 Å². The van der Waals surface area contributed by atoms with Gasteiger partial charge in [0.15, 0.2) is 0 Å². The van der Waals surface area contributed by atoms with E-state index in [9.17, 15) is 0 Å². The molecule has 1 aromatic rings. The van der Waals surface area contributed by atoms with Crippen molar-refractivity contribution in [3.63, 3.8) is 0 Å². The maximum Gasteiger partial charge on any atom is 0.0237 e. The van der Waals surface area contributed by atoms with Crippen molar-refractivity contribution < 1.29 is 0 Å². The number of nitrogens with one attached hydrogen (secondary N) is 1. The monoisotopic (exact) mass is 260 g/mol. The van der Waals surface area contributed by atoms with E-state index in [2.05, 4.69) is 49.2 Å². The zero-order valence-electron chi connectivity index (χ0n) is 12.7. The van der Waals surface area contributed by atoms with Crippen LogP contribution in [-0.4, -0.2) is 30.6 Å². The van der Waals surface area contributed by atoms with Gasteiger partial charge in [-0.05, 0) is 62.9 Å². The summed E-state index contributed by atoms with van der Waals surface area (Å²) >= 11 is 0. The molecule has 19 heavy (non-hydrogen) atoms. The Morgan fingerprint density at radius 3 is 2.84 bits per heavy atom. The summed E-state index contributed by atoms with van der Waals surface area (Å²) in [7, 11) is 0. The van der Waals surface area contributed by atoms with Crippen molar-refractivity contribution in [3.05, 3.63) is 34.9 Å². The molecule has 0 aromatic heterocycles. The second-order valence-corrected chi connectivity index (χ2v) is 5.89. The summed E-state index contributed by atoms with van der Waals surface area (Å²) in [4.78, 5) is 2.62. The lowest BCUT2D eigenvalue weighted by molar-refractivity contribution is 0.241. The number of rotatable bonds is 6. The van der Waals surface area contributed by atoms with Crippen LogP contribution >= 0.6 is 0 Å². The fourth-order valence-electron chi connectivity index (χ4n) is 3.00. The van der Waals surface area contributed by atoms with Crippen LogP contribution in [0.4, 0.5) is 0 Å². The van der Waals surface area contributed by atoms with Crippen molar-refractivity contribution in [1.29, 1.82) is 0 Å². The zero-order valence-corrected chi connectivity index (χ0v) is 12.7. The van der Waals surface area contributed by atoms with E-state index in [1.165, 1.54) is 55.6 Å². The largest absolute Gasteiger partial charge is 0.313 e. The van der Waals surface area contributed by atoms with E-state index in [1.807, 2.05) is 0 Å². The van der Waals surface area contributed by atoms with Crippen molar-refractivity contribution in [2.24, 2.45) is 0 Å². The second kappa shape index (κ2) is 7.06. The van der Waals surface area contributed by atoms with Crippen molar-refractivity contribution in [2.75, 3.05) is 19.6 Å². The molecular formula is C17H28N2. The predicted molar refractivity (Wildman–Crippen MR) is 82.5 cm³/mol. The molecule has 2 nitrogen and oxygen atoms in total. The van der Waals surface area contributed by atoms with E-state index in [-0.39, 0.29) is 0 Å². The summed E-state index contributed by atoms with van der Waals surface area (Å²) in [5.41, 5.74) is 4.36. The highest BCUT2D eigenvalue weighted by Gasteiger charge is 2.18. The van der Waals surface area contributed by atoms with Crippen LogP contribution in [0.2, 0.25) is 0 Å². The Labute approximate surface area is 118 Å². The van der Waals surface area contributed by atoms with Crippen molar-refractivity contribution in [2.45, 2.75) is 52.6 Å². The van der Waals surface area contributed by atoms with E-state index < -0.39 is 0 Å². The molecule has 106 valence electrons. The van der Waals surface area contributed by atoms with Crippen LogP contribution < -0.4 is 5.32 Å². The fourth-order valence-corrected chi connectivity index (χ4v) is 3.00. The number of nitrogens with zero attached hydrogens (tertiary/aromatic N) is 1. The molecule has 1 aliphatic rings. The number of hydrogen-bond donors (Lipinski definition) is 1. The zero-order chi connectivity index (χ0) is 13.7. The summed E-state index contributed by atoms with van der Waals surface area (Å²) in [6.45, 7) is 11.4. The van der Waals surface area contributed by atoms with E-state index >= 15 is 0 Å². The maximum atomic E-state index is 3.62. The smallest absolute Gasteiger partial charge is 0.0237 e. The highest BCUT2D eigenvalue weighted by molar-refractivity contribution is 5.33. The molecule has 0 radical (unpaired) electrons. The molecule has 1 saturated heterocycles. The summed E-state index contributed by atoms with van der Waals surface area (Å²) in [6, 6.07) is 7.39. The topological polar surface area (TPSA) is 15.3 Å². The highest BCUT2D eigenvalue weighted by Crippen LogP contribution is 2.16. The fraction of sp³-hybridized carbons (Fsp3) is 0.647. The first-order chi connectivity index (χ1) is 9.20. The van der Waals surface area contributed by atoms with Crippen LogP contribution in [0.15, 0.2) is 18.2 Å². The number of aryl methyl sites for hydroxylation is 1. The molecule has 1 heterocycles. The van der Waals surface area contributed by atoms with Gasteiger partial charge in [0.25, 0.3) is 0 Å². The molecule has 0 amide bonds. The van der Waals surface area contributed by atoms with Gasteiger partial charge >= 0.3 is 0 Å². The molecule has 0 bridgehead atoms. The average Bonchev–Trinajstić information content (AvgIpc) is 2.88. The molecule has 1 atom stereocenters. The molecule has 0 saturated carbocycles. The molecule has 0 spiro atoms. The van der Waals surface area contributed by atoms with Crippen LogP contribution in [0, 0.1) is 13.8 Å². The predicted octanol–water partition coefficient (Wildman–Crippen LogP) is 3.27. The Hall–Kier alpha value is -0.860. The molecule has 1 aromatic carbocycles. The number of hydrogen-bond acceptors (Lipinski definition) is 2. The third-order valence-corrected chi connectivity index (χ3v) is 4.29. The van der Waals surface area contributed by atoms with Gasteiger partial charge in [-0.15, -0.1) is 0 Å². The van der Waals surface area contributed by atoms with Gasteiger partial charge in [0, 0.05) is 19.1 Å². The SMILES string of the molecule is CCCN(Cc1cccc(C)c1C)CC1CCCN1. The van der Waals surface area contributed by atoms with Crippen LogP contribution in [0.5, 0.6) is 0 Å². The Balaban J connectivity index is 2.00. The standard InChI is InChI=1S/C17H28N2/c1-4-11-19(13-17-9-6-10-18-17)12-16-8-5-7-14(2)15(16)3/h5,7-8,17-18H,4,6,9-13H2,1-3H3. The first-order valence-electron chi connectivity index (χ1n) is 7.71. The van der Waals surface area contributed by atoms with Crippen LogP contribution in [0.1, 0.15) is 42.9 Å². The second-order valence-electron chi connectivity index (χ2n) is 5.89. The van der Waals surface area contributed by atoms with Crippen molar-refractivity contribution in [1.82, 2.24) is 10.2 Å². The van der Waals surface area contributed by atoms with Crippen LogP contribution in [0.25, 0.3) is 0 Å². The Bertz CT molecular complexity index is 394. The minimum absolute atomic E-state index is 0.705. The molecule has 2 rings (SSSR count). The highest BCUT2D eigenvalue weighted by atomic mass is 15.1. The van der Waals surface area contributed by atoms with Gasteiger partial charge in [-0.2, -0.15) is 0 Å². The van der Waals surface area contributed by atoms with E-state index in [0.717, 1.165) is 6.54 Å². The summed E-state index contributed by atoms with van der Waals surface area (Å²) in [6.07, 6.45) is 3.92. The lowest BCUT2D eigenvalue weighted by atomic mass is 10.0. The lowest BCUT2D eigenvalue weighted by Gasteiger charge is -2.26.